The van der Waals surface area contributed by atoms with Gasteiger partial charge in [-0.25, -0.2) is 0 Å². The van der Waals surface area contributed by atoms with E-state index in [4.69, 9.17) is 16.3 Å². The predicted molar refractivity (Wildman–Crippen MR) is 78.4 cm³/mol. The van der Waals surface area contributed by atoms with Crippen molar-refractivity contribution in [3.8, 4) is 5.75 Å². The highest BCUT2D eigenvalue weighted by Gasteiger charge is 2.11. The Morgan fingerprint density at radius 2 is 2.05 bits per heavy atom. The van der Waals surface area contributed by atoms with E-state index in [1.165, 1.54) is 11.3 Å². The molecular formula is C13H13ClN4OS. The largest absolute Gasteiger partial charge is 0.486 e. The van der Waals surface area contributed by atoms with E-state index in [0.717, 1.165) is 34.4 Å². The first-order valence-electron chi connectivity index (χ1n) is 6.34. The van der Waals surface area contributed by atoms with Crippen molar-refractivity contribution in [3.63, 3.8) is 0 Å². The lowest BCUT2D eigenvalue weighted by atomic mass is 10.3. The van der Waals surface area contributed by atoms with Gasteiger partial charge < -0.3 is 4.74 Å². The molecule has 2 heterocycles. The second kappa shape index (κ2) is 5.76. The van der Waals surface area contributed by atoms with Crippen molar-refractivity contribution >= 4 is 27.9 Å². The molecule has 0 bridgehead atoms. The summed E-state index contributed by atoms with van der Waals surface area (Å²) in [5, 5.41) is 14.3. The average molecular weight is 309 g/mol. The molecule has 0 amide bonds. The molecule has 5 nitrogen and oxygen atoms in total. The highest BCUT2D eigenvalue weighted by molar-refractivity contribution is 7.16. The van der Waals surface area contributed by atoms with Crippen molar-refractivity contribution < 1.29 is 4.74 Å². The van der Waals surface area contributed by atoms with Crippen LogP contribution in [0.25, 0.3) is 4.96 Å². The molecule has 7 heteroatoms. The maximum Gasteiger partial charge on any atom is 0.234 e. The molecule has 0 radical (unpaired) electrons. The molecule has 3 rings (SSSR count). The smallest absolute Gasteiger partial charge is 0.234 e. The highest BCUT2D eigenvalue weighted by Crippen LogP contribution is 2.19. The second-order valence-electron chi connectivity index (χ2n) is 4.30. The Morgan fingerprint density at radius 1 is 1.25 bits per heavy atom. The van der Waals surface area contributed by atoms with Crippen molar-refractivity contribution in [2.45, 2.75) is 26.4 Å². The fraction of sp³-hybridized carbons (Fsp3) is 0.308. The zero-order valence-electron chi connectivity index (χ0n) is 10.9. The molecule has 0 saturated heterocycles. The third-order valence-electron chi connectivity index (χ3n) is 2.75. The molecule has 0 saturated carbocycles. The van der Waals surface area contributed by atoms with E-state index in [-0.39, 0.29) is 0 Å². The monoisotopic (exact) mass is 308 g/mol. The number of rotatable bonds is 5. The lowest BCUT2D eigenvalue weighted by molar-refractivity contribution is 0.304. The Bertz CT molecular complexity index is 707. The van der Waals surface area contributed by atoms with Crippen molar-refractivity contribution in [1.82, 2.24) is 19.8 Å². The standard InChI is InChI=1S/C13H13ClN4OS/c1-2-3-11-15-16-13-18(11)17-12(20-13)8-19-10-6-4-9(14)5-7-10/h4-7H,2-3,8H2,1H3. The van der Waals surface area contributed by atoms with E-state index < -0.39 is 0 Å². The fourth-order valence-electron chi connectivity index (χ4n) is 1.81. The molecule has 0 aliphatic heterocycles. The van der Waals surface area contributed by atoms with Gasteiger partial charge >= 0.3 is 0 Å². The number of hydrogen-bond donors (Lipinski definition) is 0. The molecule has 0 fully saturated rings. The first-order chi connectivity index (χ1) is 9.76. The van der Waals surface area contributed by atoms with Crippen molar-refractivity contribution in [2.24, 2.45) is 0 Å². The fourth-order valence-corrected chi connectivity index (χ4v) is 2.70. The molecule has 2 aromatic heterocycles. The Labute approximate surface area is 125 Å². The van der Waals surface area contributed by atoms with Gasteiger partial charge in [0.05, 0.1) is 0 Å². The van der Waals surface area contributed by atoms with E-state index in [1.807, 2.05) is 12.1 Å². The average Bonchev–Trinajstić information content (AvgIpc) is 3.00. The van der Waals surface area contributed by atoms with Crippen LogP contribution in [0.1, 0.15) is 24.2 Å². The molecule has 20 heavy (non-hydrogen) atoms. The third kappa shape index (κ3) is 2.76. The van der Waals surface area contributed by atoms with Gasteiger partial charge in [-0.15, -0.1) is 10.2 Å². The zero-order chi connectivity index (χ0) is 13.9. The molecule has 0 aliphatic rings. The summed E-state index contributed by atoms with van der Waals surface area (Å²) in [6.45, 7) is 2.53. The van der Waals surface area contributed by atoms with Crippen LogP contribution in [0.2, 0.25) is 5.02 Å². The number of hydrogen-bond acceptors (Lipinski definition) is 5. The number of aryl methyl sites for hydroxylation is 1. The number of halogens is 1. The van der Waals surface area contributed by atoms with Crippen LogP contribution in [-0.4, -0.2) is 19.8 Å². The van der Waals surface area contributed by atoms with Gasteiger partial charge in [-0.2, -0.15) is 9.61 Å². The maximum atomic E-state index is 5.83. The molecule has 0 aliphatic carbocycles. The lowest BCUT2D eigenvalue weighted by Crippen LogP contribution is -1.99. The summed E-state index contributed by atoms with van der Waals surface area (Å²) in [5.74, 6) is 1.67. The van der Waals surface area contributed by atoms with Gasteiger partial charge in [0.25, 0.3) is 0 Å². The highest BCUT2D eigenvalue weighted by atomic mass is 35.5. The van der Waals surface area contributed by atoms with E-state index in [9.17, 15) is 0 Å². The summed E-state index contributed by atoms with van der Waals surface area (Å²) in [4.78, 5) is 0.808. The van der Waals surface area contributed by atoms with Gasteiger partial charge in [0.1, 0.15) is 12.4 Å². The molecule has 104 valence electrons. The van der Waals surface area contributed by atoms with Gasteiger partial charge in [0.15, 0.2) is 10.8 Å². The van der Waals surface area contributed by atoms with Crippen LogP contribution in [0.4, 0.5) is 0 Å². The number of nitrogens with zero attached hydrogens (tertiary/aromatic N) is 4. The summed E-state index contributed by atoms with van der Waals surface area (Å²) in [6.07, 6.45) is 1.90. The molecule has 0 spiro atoms. The first kappa shape index (κ1) is 13.3. The quantitative estimate of drug-likeness (QED) is 0.725. The minimum Gasteiger partial charge on any atom is -0.486 e. The minimum absolute atomic E-state index is 0.418. The van der Waals surface area contributed by atoms with Crippen molar-refractivity contribution in [1.29, 1.82) is 0 Å². The van der Waals surface area contributed by atoms with Gasteiger partial charge in [-0.3, -0.25) is 0 Å². The van der Waals surface area contributed by atoms with Crippen LogP contribution >= 0.6 is 22.9 Å². The van der Waals surface area contributed by atoms with Crippen LogP contribution in [0.3, 0.4) is 0 Å². The van der Waals surface area contributed by atoms with Gasteiger partial charge in [0.2, 0.25) is 4.96 Å². The van der Waals surface area contributed by atoms with Gasteiger partial charge in [-0.1, -0.05) is 29.9 Å². The molecule has 0 unspecified atom stereocenters. The number of ether oxygens (including phenoxy) is 1. The number of fused-ring (bicyclic) bond motifs is 1. The van der Waals surface area contributed by atoms with Crippen LogP contribution in [-0.2, 0) is 13.0 Å². The normalized spacial score (nSPS) is 11.1. The zero-order valence-corrected chi connectivity index (χ0v) is 12.5. The Balaban J connectivity index is 1.72. The van der Waals surface area contributed by atoms with E-state index in [1.54, 1.807) is 16.6 Å². The lowest BCUT2D eigenvalue weighted by Gasteiger charge is -2.02. The van der Waals surface area contributed by atoms with E-state index in [0.29, 0.717) is 11.6 Å². The first-order valence-corrected chi connectivity index (χ1v) is 7.54. The maximum absolute atomic E-state index is 5.83. The van der Waals surface area contributed by atoms with Crippen LogP contribution in [0, 0.1) is 0 Å². The van der Waals surface area contributed by atoms with E-state index in [2.05, 4.69) is 22.2 Å². The number of aromatic nitrogens is 4. The second-order valence-corrected chi connectivity index (χ2v) is 5.78. The Hall–Kier alpha value is -1.66. The Morgan fingerprint density at radius 3 is 2.80 bits per heavy atom. The minimum atomic E-state index is 0.418. The molecule has 1 aromatic carbocycles. The summed E-state index contributed by atoms with van der Waals surface area (Å²) in [5.41, 5.74) is 0. The van der Waals surface area contributed by atoms with Crippen molar-refractivity contribution in [2.75, 3.05) is 0 Å². The SMILES string of the molecule is CCCc1nnc2sc(COc3ccc(Cl)cc3)nn12. The van der Waals surface area contributed by atoms with Crippen LogP contribution in [0.5, 0.6) is 5.75 Å². The summed E-state index contributed by atoms with van der Waals surface area (Å²) in [7, 11) is 0. The van der Waals surface area contributed by atoms with E-state index >= 15 is 0 Å². The topological polar surface area (TPSA) is 52.3 Å². The predicted octanol–water partition coefficient (Wildman–Crippen LogP) is 3.37. The number of benzene rings is 1. The van der Waals surface area contributed by atoms with Gasteiger partial charge in [-0.05, 0) is 30.7 Å². The summed E-state index contributed by atoms with van der Waals surface area (Å²) >= 11 is 7.32. The van der Waals surface area contributed by atoms with Crippen molar-refractivity contribution in [3.05, 3.63) is 40.1 Å². The van der Waals surface area contributed by atoms with Crippen LogP contribution in [0.15, 0.2) is 24.3 Å². The molecule has 0 atom stereocenters. The van der Waals surface area contributed by atoms with Crippen LogP contribution < -0.4 is 4.74 Å². The molecule has 0 N–H and O–H groups in total. The summed E-state index contributed by atoms with van der Waals surface area (Å²) in [6, 6.07) is 7.28. The molecule has 3 aromatic rings. The third-order valence-corrected chi connectivity index (χ3v) is 3.87. The van der Waals surface area contributed by atoms with Gasteiger partial charge in [0, 0.05) is 11.4 Å². The Kier molecular flexibility index (Phi) is 3.84. The molecular weight excluding hydrogens is 296 g/mol. The summed E-state index contributed by atoms with van der Waals surface area (Å²) < 4.78 is 7.47.